The molecule has 0 spiro atoms. The quantitative estimate of drug-likeness (QED) is 0.799. The number of carboxylic acid groups (broad SMARTS) is 1. The van der Waals surface area contributed by atoms with E-state index in [0.717, 1.165) is 0 Å². The highest BCUT2D eigenvalue weighted by atomic mass is 19.3. The minimum atomic E-state index is -2.80. The van der Waals surface area contributed by atoms with Gasteiger partial charge in [0.15, 0.2) is 0 Å². The summed E-state index contributed by atoms with van der Waals surface area (Å²) in [4.78, 5) is 22.9. The Morgan fingerprint density at radius 1 is 1.50 bits per heavy atom. The number of hydrogen-bond donors (Lipinski definition) is 2. The third-order valence-electron chi connectivity index (χ3n) is 3.40. The first kappa shape index (κ1) is 14.9. The largest absolute Gasteiger partial charge is 0.480 e. The molecule has 1 saturated carbocycles. The van der Waals surface area contributed by atoms with E-state index < -0.39 is 35.7 Å². The van der Waals surface area contributed by atoms with Crippen LogP contribution < -0.4 is 5.32 Å². The molecule has 1 aliphatic carbocycles. The van der Waals surface area contributed by atoms with Crippen LogP contribution in [0.3, 0.4) is 0 Å². The van der Waals surface area contributed by atoms with Crippen molar-refractivity contribution in [1.82, 2.24) is 5.32 Å². The van der Waals surface area contributed by atoms with Gasteiger partial charge in [-0.3, -0.25) is 4.79 Å². The van der Waals surface area contributed by atoms with Crippen LogP contribution in [0.5, 0.6) is 0 Å². The molecular weight excluding hydrogens is 244 g/mol. The Balaban J connectivity index is 2.66. The fraction of sp³-hybridized carbons (Fsp3) is 0.833. The van der Waals surface area contributed by atoms with Gasteiger partial charge in [0, 0.05) is 18.8 Å². The maximum Gasteiger partial charge on any atom is 0.329 e. The van der Waals surface area contributed by atoms with Crippen molar-refractivity contribution >= 4 is 11.9 Å². The second kappa shape index (κ2) is 5.20. The lowest BCUT2D eigenvalue weighted by atomic mass is 9.94. The Hall–Kier alpha value is -1.20. The summed E-state index contributed by atoms with van der Waals surface area (Å²) in [5, 5.41) is 11.5. The number of hydrogen-bond acceptors (Lipinski definition) is 2. The summed E-state index contributed by atoms with van der Waals surface area (Å²) < 4.78 is 26.0. The normalized spacial score (nSPS) is 25.4. The summed E-state index contributed by atoms with van der Waals surface area (Å²) in [6, 6.07) is 0. The molecule has 104 valence electrons. The van der Waals surface area contributed by atoms with Crippen molar-refractivity contribution in [3.63, 3.8) is 0 Å². The number of carboxylic acids is 1. The molecule has 1 aliphatic rings. The molecule has 0 heterocycles. The molecule has 0 radical (unpaired) electrons. The monoisotopic (exact) mass is 263 g/mol. The molecule has 0 aliphatic heterocycles. The molecule has 2 atom stereocenters. The first-order valence-corrected chi connectivity index (χ1v) is 6.13. The van der Waals surface area contributed by atoms with Crippen molar-refractivity contribution in [2.75, 3.05) is 0 Å². The number of aliphatic carboxylic acids is 1. The number of alkyl halides is 2. The molecule has 1 amide bonds. The molecule has 4 nitrogen and oxygen atoms in total. The van der Waals surface area contributed by atoms with Crippen LogP contribution in [0.2, 0.25) is 0 Å². The summed E-state index contributed by atoms with van der Waals surface area (Å²) in [5.41, 5.74) is -1.37. The van der Waals surface area contributed by atoms with E-state index in [1.54, 1.807) is 6.92 Å². The summed E-state index contributed by atoms with van der Waals surface area (Å²) in [7, 11) is 0. The topological polar surface area (TPSA) is 66.4 Å². The number of amides is 1. The Bertz CT molecular complexity index is 346. The number of halogens is 2. The van der Waals surface area contributed by atoms with E-state index in [0.29, 0.717) is 6.42 Å². The van der Waals surface area contributed by atoms with Crippen LogP contribution in [0, 0.1) is 5.92 Å². The first-order chi connectivity index (χ1) is 8.20. The van der Waals surface area contributed by atoms with E-state index in [-0.39, 0.29) is 19.3 Å². The molecule has 6 heteroatoms. The Kier molecular flexibility index (Phi) is 4.29. The maximum atomic E-state index is 13.0. The smallest absolute Gasteiger partial charge is 0.329 e. The third kappa shape index (κ3) is 3.40. The highest BCUT2D eigenvalue weighted by Crippen LogP contribution is 2.39. The van der Waals surface area contributed by atoms with Gasteiger partial charge in [0.05, 0.1) is 0 Å². The maximum absolute atomic E-state index is 13.0. The zero-order chi connectivity index (χ0) is 14.0. The molecule has 0 aromatic rings. The van der Waals surface area contributed by atoms with Gasteiger partial charge < -0.3 is 10.4 Å². The number of carbonyl (C=O) groups excluding carboxylic acids is 1. The van der Waals surface area contributed by atoms with Gasteiger partial charge in [-0.1, -0.05) is 13.3 Å². The van der Waals surface area contributed by atoms with Crippen molar-refractivity contribution in [2.45, 2.75) is 57.4 Å². The van der Waals surface area contributed by atoms with Crippen molar-refractivity contribution < 1.29 is 23.5 Å². The zero-order valence-electron chi connectivity index (χ0n) is 10.6. The number of rotatable bonds is 5. The predicted octanol–water partition coefficient (Wildman–Crippen LogP) is 2.18. The summed E-state index contributed by atoms with van der Waals surface area (Å²) >= 11 is 0. The second-order valence-corrected chi connectivity index (χ2v) is 5.17. The molecule has 0 aromatic carbocycles. The molecule has 18 heavy (non-hydrogen) atoms. The molecule has 0 aromatic heterocycles. The zero-order valence-corrected chi connectivity index (χ0v) is 10.6. The predicted molar refractivity (Wildman–Crippen MR) is 61.4 cm³/mol. The molecule has 1 rings (SSSR count). The molecule has 0 saturated heterocycles. The standard InChI is InChI=1S/C12H19F2NO3/c1-3-5-11(2,10(17)18)15-9(16)8-4-6-12(13,14)7-8/h8H,3-7H2,1-2H3,(H,15,16)(H,17,18). The fourth-order valence-corrected chi connectivity index (χ4v) is 2.27. The lowest BCUT2D eigenvalue weighted by molar-refractivity contribution is -0.148. The van der Waals surface area contributed by atoms with Crippen LogP contribution in [-0.2, 0) is 9.59 Å². The molecular formula is C12H19F2NO3. The average molecular weight is 263 g/mol. The lowest BCUT2D eigenvalue weighted by Crippen LogP contribution is -2.53. The average Bonchev–Trinajstić information content (AvgIpc) is 2.59. The molecule has 0 bridgehead atoms. The van der Waals surface area contributed by atoms with Gasteiger partial charge in [0.1, 0.15) is 5.54 Å². The van der Waals surface area contributed by atoms with Crippen LogP contribution in [0.4, 0.5) is 8.78 Å². The van der Waals surface area contributed by atoms with E-state index in [9.17, 15) is 18.4 Å². The highest BCUT2D eigenvalue weighted by molar-refractivity contribution is 5.87. The van der Waals surface area contributed by atoms with Crippen LogP contribution >= 0.6 is 0 Å². The minimum Gasteiger partial charge on any atom is -0.480 e. The van der Waals surface area contributed by atoms with E-state index in [1.807, 2.05) is 0 Å². The first-order valence-electron chi connectivity index (χ1n) is 6.13. The van der Waals surface area contributed by atoms with Crippen LogP contribution in [-0.4, -0.2) is 28.4 Å². The molecule has 2 unspecified atom stereocenters. The van der Waals surface area contributed by atoms with E-state index in [2.05, 4.69) is 5.32 Å². The third-order valence-corrected chi connectivity index (χ3v) is 3.40. The van der Waals surface area contributed by atoms with Crippen molar-refractivity contribution in [2.24, 2.45) is 5.92 Å². The van der Waals surface area contributed by atoms with Gasteiger partial charge in [-0.2, -0.15) is 0 Å². The van der Waals surface area contributed by atoms with Crippen LogP contribution in [0.1, 0.15) is 46.0 Å². The van der Waals surface area contributed by atoms with Gasteiger partial charge in [0.25, 0.3) is 0 Å². The van der Waals surface area contributed by atoms with E-state index in [4.69, 9.17) is 5.11 Å². The van der Waals surface area contributed by atoms with Crippen molar-refractivity contribution in [3.8, 4) is 0 Å². The lowest BCUT2D eigenvalue weighted by Gasteiger charge is -2.27. The van der Waals surface area contributed by atoms with E-state index in [1.165, 1.54) is 6.92 Å². The van der Waals surface area contributed by atoms with E-state index >= 15 is 0 Å². The highest BCUT2D eigenvalue weighted by Gasteiger charge is 2.44. The van der Waals surface area contributed by atoms with Crippen molar-refractivity contribution in [1.29, 1.82) is 0 Å². The van der Waals surface area contributed by atoms with Gasteiger partial charge in [0.2, 0.25) is 11.8 Å². The number of nitrogens with one attached hydrogen (secondary N) is 1. The van der Waals surface area contributed by atoms with Crippen molar-refractivity contribution in [3.05, 3.63) is 0 Å². The Morgan fingerprint density at radius 3 is 2.50 bits per heavy atom. The number of carbonyl (C=O) groups is 2. The summed E-state index contributed by atoms with van der Waals surface area (Å²) in [6.07, 6.45) is 0.186. The van der Waals surface area contributed by atoms with Gasteiger partial charge in [-0.05, 0) is 19.8 Å². The molecule has 1 fully saturated rings. The molecule has 2 N–H and O–H groups in total. The van der Waals surface area contributed by atoms with Gasteiger partial charge >= 0.3 is 5.97 Å². The Morgan fingerprint density at radius 2 is 2.11 bits per heavy atom. The van der Waals surface area contributed by atoms with Gasteiger partial charge in [-0.15, -0.1) is 0 Å². The SMILES string of the molecule is CCCC(C)(NC(=O)C1CCC(F)(F)C1)C(=O)O. The summed E-state index contributed by atoms with van der Waals surface area (Å²) in [6.45, 7) is 3.21. The summed E-state index contributed by atoms with van der Waals surface area (Å²) in [5.74, 6) is -5.30. The second-order valence-electron chi connectivity index (χ2n) is 5.17. The van der Waals surface area contributed by atoms with Crippen LogP contribution in [0.15, 0.2) is 0 Å². The van der Waals surface area contributed by atoms with Gasteiger partial charge in [-0.25, -0.2) is 13.6 Å². The minimum absolute atomic E-state index is 0.112. The Labute approximate surface area is 105 Å². The fourth-order valence-electron chi connectivity index (χ4n) is 2.27. The van der Waals surface area contributed by atoms with Crippen LogP contribution in [0.25, 0.3) is 0 Å².